The van der Waals surface area contributed by atoms with Gasteiger partial charge in [-0.3, -0.25) is 4.79 Å². The first-order chi connectivity index (χ1) is 7.57. The number of carboxylic acids is 1. The molecule has 0 aliphatic carbocycles. The number of carbonyl (C=O) groups excluding carboxylic acids is 1. The van der Waals surface area contributed by atoms with Gasteiger partial charge >= 0.3 is 5.97 Å². The second kappa shape index (κ2) is 8.65. The summed E-state index contributed by atoms with van der Waals surface area (Å²) >= 11 is 0. The first-order valence-corrected chi connectivity index (χ1v) is 5.28. The molecular weight excluding hydrogens is 204 g/mol. The molecule has 0 fully saturated rings. The van der Waals surface area contributed by atoms with Gasteiger partial charge in [0.2, 0.25) is 0 Å². The predicted molar refractivity (Wildman–Crippen MR) is 63.5 cm³/mol. The van der Waals surface area contributed by atoms with E-state index in [1.807, 2.05) is 6.07 Å². The summed E-state index contributed by atoms with van der Waals surface area (Å²) in [6.45, 7) is 4.41. The van der Waals surface area contributed by atoms with Gasteiger partial charge in [0.25, 0.3) is 0 Å². The molecule has 1 N–H and O–H groups in total. The number of aliphatic carboxylic acids is 1. The van der Waals surface area contributed by atoms with Crippen LogP contribution in [0.25, 0.3) is 0 Å². The lowest BCUT2D eigenvalue weighted by Crippen LogP contribution is -1.93. The summed E-state index contributed by atoms with van der Waals surface area (Å²) in [6.07, 6.45) is 0.660. The number of aldehydes is 1. The van der Waals surface area contributed by atoms with E-state index < -0.39 is 5.97 Å². The number of carboxylic acid groups (broad SMARTS) is 1. The summed E-state index contributed by atoms with van der Waals surface area (Å²) < 4.78 is 0. The minimum absolute atomic E-state index is 0.0521. The van der Waals surface area contributed by atoms with Crippen LogP contribution >= 0.6 is 0 Å². The van der Waals surface area contributed by atoms with Gasteiger partial charge in [-0.15, -0.1) is 0 Å². The van der Waals surface area contributed by atoms with E-state index in [4.69, 9.17) is 5.11 Å². The molecule has 0 radical (unpaired) electrons. The van der Waals surface area contributed by atoms with E-state index in [9.17, 15) is 9.59 Å². The van der Waals surface area contributed by atoms with Gasteiger partial charge < -0.3 is 9.90 Å². The van der Waals surface area contributed by atoms with Gasteiger partial charge in [0.15, 0.2) is 0 Å². The second-order valence-electron chi connectivity index (χ2n) is 3.66. The highest BCUT2D eigenvalue weighted by atomic mass is 16.4. The molecule has 16 heavy (non-hydrogen) atoms. The van der Waals surface area contributed by atoms with Crippen LogP contribution < -0.4 is 0 Å². The SMILES string of the molecule is CC(C)c1ccccc1.O=CCCC(=O)O. The molecule has 0 aliphatic heterocycles. The molecule has 0 heterocycles. The lowest BCUT2D eigenvalue weighted by molar-refractivity contribution is -0.137. The maximum absolute atomic E-state index is 9.60. The third kappa shape index (κ3) is 7.74. The monoisotopic (exact) mass is 222 g/mol. The number of benzene rings is 1. The summed E-state index contributed by atoms with van der Waals surface area (Å²) in [6, 6.07) is 10.5. The van der Waals surface area contributed by atoms with Crippen LogP contribution in [0.4, 0.5) is 0 Å². The lowest BCUT2D eigenvalue weighted by Gasteiger charge is -2.01. The average Bonchev–Trinajstić information content (AvgIpc) is 2.28. The Bertz CT molecular complexity index is 304. The molecular formula is C13H18O3. The highest BCUT2D eigenvalue weighted by Crippen LogP contribution is 2.11. The molecule has 3 nitrogen and oxygen atoms in total. The Morgan fingerprint density at radius 1 is 1.31 bits per heavy atom. The van der Waals surface area contributed by atoms with E-state index in [0.29, 0.717) is 12.2 Å². The Balaban J connectivity index is 0.000000293. The predicted octanol–water partition coefficient (Wildman–Crippen LogP) is 2.86. The molecule has 0 aliphatic rings. The molecule has 0 unspecified atom stereocenters. The molecule has 1 rings (SSSR count). The lowest BCUT2D eigenvalue weighted by atomic mass is 10.0. The number of hydrogen-bond donors (Lipinski definition) is 1. The van der Waals surface area contributed by atoms with Crippen LogP contribution in [0.2, 0.25) is 0 Å². The fourth-order valence-corrected chi connectivity index (χ4v) is 1.02. The zero-order chi connectivity index (χ0) is 12.4. The van der Waals surface area contributed by atoms with Gasteiger partial charge in [-0.2, -0.15) is 0 Å². The molecule has 0 spiro atoms. The Kier molecular flexibility index (Phi) is 7.76. The normalized spacial score (nSPS) is 9.19. The summed E-state index contributed by atoms with van der Waals surface area (Å²) in [7, 11) is 0. The molecule has 0 atom stereocenters. The number of carbonyl (C=O) groups is 2. The Hall–Kier alpha value is -1.64. The van der Waals surface area contributed by atoms with Crippen LogP contribution in [-0.4, -0.2) is 17.4 Å². The van der Waals surface area contributed by atoms with Crippen molar-refractivity contribution >= 4 is 12.3 Å². The number of rotatable bonds is 4. The summed E-state index contributed by atoms with van der Waals surface area (Å²) in [5.41, 5.74) is 1.41. The highest BCUT2D eigenvalue weighted by molar-refractivity contribution is 5.70. The van der Waals surface area contributed by atoms with E-state index in [-0.39, 0.29) is 12.8 Å². The Morgan fingerprint density at radius 2 is 1.88 bits per heavy atom. The smallest absolute Gasteiger partial charge is 0.303 e. The highest BCUT2D eigenvalue weighted by Gasteiger charge is 1.93. The van der Waals surface area contributed by atoms with Gasteiger partial charge in [-0.25, -0.2) is 0 Å². The van der Waals surface area contributed by atoms with Crippen molar-refractivity contribution in [1.29, 1.82) is 0 Å². The third-order valence-electron chi connectivity index (χ3n) is 1.94. The van der Waals surface area contributed by atoms with Crippen LogP contribution in [0.1, 0.15) is 38.2 Å². The topological polar surface area (TPSA) is 54.4 Å². The average molecular weight is 222 g/mol. The standard InChI is InChI=1S/C9H12.C4H6O3/c1-8(2)9-6-4-3-5-7-9;5-3-1-2-4(6)7/h3-8H,1-2H3;3H,1-2H2,(H,6,7). The van der Waals surface area contributed by atoms with E-state index in [1.54, 1.807) is 0 Å². The Morgan fingerprint density at radius 3 is 2.12 bits per heavy atom. The van der Waals surface area contributed by atoms with Crippen LogP contribution in [0.15, 0.2) is 30.3 Å². The van der Waals surface area contributed by atoms with Crippen molar-refractivity contribution in [2.45, 2.75) is 32.6 Å². The first kappa shape index (κ1) is 14.4. The summed E-state index contributed by atoms with van der Waals surface area (Å²) in [5, 5.41) is 7.89. The van der Waals surface area contributed by atoms with Crippen LogP contribution in [0.5, 0.6) is 0 Å². The quantitative estimate of drug-likeness (QED) is 0.797. The van der Waals surface area contributed by atoms with E-state index in [0.717, 1.165) is 0 Å². The molecule has 0 bridgehead atoms. The molecule has 1 aromatic carbocycles. The molecule has 0 saturated heterocycles. The fourth-order valence-electron chi connectivity index (χ4n) is 1.02. The van der Waals surface area contributed by atoms with Crippen molar-refractivity contribution < 1.29 is 14.7 Å². The minimum Gasteiger partial charge on any atom is -0.481 e. The zero-order valence-electron chi connectivity index (χ0n) is 9.72. The third-order valence-corrected chi connectivity index (χ3v) is 1.94. The Labute approximate surface area is 96.1 Å². The molecule has 0 amide bonds. The second-order valence-corrected chi connectivity index (χ2v) is 3.66. The van der Waals surface area contributed by atoms with Crippen molar-refractivity contribution in [1.82, 2.24) is 0 Å². The zero-order valence-corrected chi connectivity index (χ0v) is 9.72. The molecule has 1 aromatic rings. The fraction of sp³-hybridized carbons (Fsp3) is 0.385. The van der Waals surface area contributed by atoms with E-state index in [2.05, 4.69) is 38.1 Å². The first-order valence-electron chi connectivity index (χ1n) is 5.28. The van der Waals surface area contributed by atoms with Gasteiger partial charge in [-0.1, -0.05) is 44.2 Å². The largest absolute Gasteiger partial charge is 0.481 e. The maximum atomic E-state index is 9.60. The number of hydrogen-bond acceptors (Lipinski definition) is 2. The van der Waals surface area contributed by atoms with Gasteiger partial charge in [0.1, 0.15) is 6.29 Å². The van der Waals surface area contributed by atoms with Gasteiger partial charge in [0, 0.05) is 6.42 Å². The van der Waals surface area contributed by atoms with Crippen LogP contribution in [0, 0.1) is 0 Å². The molecule has 88 valence electrons. The van der Waals surface area contributed by atoms with Crippen molar-refractivity contribution in [3.8, 4) is 0 Å². The maximum Gasteiger partial charge on any atom is 0.303 e. The van der Waals surface area contributed by atoms with E-state index >= 15 is 0 Å². The van der Waals surface area contributed by atoms with Gasteiger partial charge in [0.05, 0.1) is 6.42 Å². The van der Waals surface area contributed by atoms with Crippen molar-refractivity contribution in [2.24, 2.45) is 0 Å². The van der Waals surface area contributed by atoms with Crippen molar-refractivity contribution in [3.05, 3.63) is 35.9 Å². The summed E-state index contributed by atoms with van der Waals surface area (Å²) in [5.74, 6) is -0.265. The van der Waals surface area contributed by atoms with Crippen LogP contribution in [0.3, 0.4) is 0 Å². The molecule has 0 saturated carbocycles. The summed E-state index contributed by atoms with van der Waals surface area (Å²) in [4.78, 5) is 19.0. The van der Waals surface area contributed by atoms with Gasteiger partial charge in [-0.05, 0) is 11.5 Å². The minimum atomic E-state index is -0.924. The van der Waals surface area contributed by atoms with E-state index in [1.165, 1.54) is 5.56 Å². The van der Waals surface area contributed by atoms with Crippen LogP contribution in [-0.2, 0) is 9.59 Å². The van der Waals surface area contributed by atoms with Crippen molar-refractivity contribution in [2.75, 3.05) is 0 Å². The molecule has 0 aromatic heterocycles. The molecule has 3 heteroatoms. The van der Waals surface area contributed by atoms with Crippen molar-refractivity contribution in [3.63, 3.8) is 0 Å².